The summed E-state index contributed by atoms with van der Waals surface area (Å²) in [5.41, 5.74) is 2.17. The molecule has 0 atom stereocenters. The fourth-order valence-corrected chi connectivity index (χ4v) is 2.79. The van der Waals surface area contributed by atoms with Gasteiger partial charge in [-0.1, -0.05) is 36.0 Å². The van der Waals surface area contributed by atoms with E-state index < -0.39 is 0 Å². The van der Waals surface area contributed by atoms with Crippen molar-refractivity contribution in [3.8, 4) is 5.75 Å². The van der Waals surface area contributed by atoms with Crippen LogP contribution < -0.4 is 10.1 Å². The standard InChI is InChI=1S/C18H18N2O3S/c1-12(2)22-15-9-5-3-7-13(15)19-17(21)11-24-18-20-14-8-4-6-10-16(14)23-18/h3-10,12H,11H2,1-2H3,(H,19,21). The van der Waals surface area contributed by atoms with Crippen LogP contribution in [-0.2, 0) is 4.79 Å². The third-order valence-electron chi connectivity index (χ3n) is 3.12. The van der Waals surface area contributed by atoms with E-state index in [2.05, 4.69) is 10.3 Å². The molecule has 0 aliphatic heterocycles. The molecule has 1 amide bonds. The Labute approximate surface area is 144 Å². The Morgan fingerprint density at radius 1 is 1.21 bits per heavy atom. The zero-order valence-electron chi connectivity index (χ0n) is 13.5. The number of hydrogen-bond donors (Lipinski definition) is 1. The number of anilines is 1. The van der Waals surface area contributed by atoms with Gasteiger partial charge in [0.15, 0.2) is 5.58 Å². The van der Waals surface area contributed by atoms with Crippen LogP contribution in [0.5, 0.6) is 5.75 Å². The summed E-state index contributed by atoms with van der Waals surface area (Å²) >= 11 is 1.26. The predicted octanol–water partition coefficient (Wildman–Crippen LogP) is 4.35. The van der Waals surface area contributed by atoms with Gasteiger partial charge >= 0.3 is 0 Å². The van der Waals surface area contributed by atoms with Crippen LogP contribution in [0.3, 0.4) is 0 Å². The van der Waals surface area contributed by atoms with E-state index in [1.807, 2.05) is 62.4 Å². The highest BCUT2D eigenvalue weighted by Gasteiger charge is 2.12. The maximum absolute atomic E-state index is 12.2. The van der Waals surface area contributed by atoms with E-state index in [-0.39, 0.29) is 17.8 Å². The van der Waals surface area contributed by atoms with Gasteiger partial charge in [0.05, 0.1) is 17.5 Å². The molecule has 6 heteroatoms. The van der Waals surface area contributed by atoms with Gasteiger partial charge < -0.3 is 14.5 Å². The molecule has 1 heterocycles. The van der Waals surface area contributed by atoms with E-state index in [9.17, 15) is 4.79 Å². The van der Waals surface area contributed by atoms with Crippen molar-refractivity contribution in [1.29, 1.82) is 0 Å². The summed E-state index contributed by atoms with van der Waals surface area (Å²) in [6, 6.07) is 14.9. The molecule has 0 fully saturated rings. The van der Waals surface area contributed by atoms with Crippen LogP contribution in [0, 0.1) is 0 Å². The average Bonchev–Trinajstić information content (AvgIpc) is 2.97. The summed E-state index contributed by atoms with van der Waals surface area (Å²) in [4.78, 5) is 16.5. The molecule has 0 aliphatic carbocycles. The zero-order chi connectivity index (χ0) is 16.9. The first-order valence-corrected chi connectivity index (χ1v) is 8.64. The lowest BCUT2D eigenvalue weighted by Gasteiger charge is -2.14. The van der Waals surface area contributed by atoms with Gasteiger partial charge in [0.1, 0.15) is 11.3 Å². The molecule has 124 valence electrons. The van der Waals surface area contributed by atoms with Crippen molar-refractivity contribution >= 4 is 34.5 Å². The fourth-order valence-electron chi connectivity index (χ4n) is 2.15. The quantitative estimate of drug-likeness (QED) is 0.675. The van der Waals surface area contributed by atoms with E-state index in [0.717, 1.165) is 11.1 Å². The van der Waals surface area contributed by atoms with Crippen molar-refractivity contribution in [2.24, 2.45) is 0 Å². The number of para-hydroxylation sites is 4. The minimum atomic E-state index is -0.137. The molecule has 0 bridgehead atoms. The molecule has 3 aromatic rings. The summed E-state index contributed by atoms with van der Waals surface area (Å²) in [6.45, 7) is 3.89. The molecule has 0 saturated heterocycles. The van der Waals surface area contributed by atoms with E-state index in [4.69, 9.17) is 9.15 Å². The van der Waals surface area contributed by atoms with Gasteiger partial charge in [0, 0.05) is 0 Å². The van der Waals surface area contributed by atoms with Gasteiger partial charge in [-0.15, -0.1) is 0 Å². The van der Waals surface area contributed by atoms with E-state index in [1.165, 1.54) is 11.8 Å². The average molecular weight is 342 g/mol. The number of benzene rings is 2. The second kappa shape index (κ2) is 7.40. The highest BCUT2D eigenvalue weighted by molar-refractivity contribution is 7.99. The van der Waals surface area contributed by atoms with Gasteiger partial charge in [0.2, 0.25) is 5.91 Å². The Kier molecular flexibility index (Phi) is 5.05. The number of amides is 1. The highest BCUT2D eigenvalue weighted by atomic mass is 32.2. The van der Waals surface area contributed by atoms with Gasteiger partial charge in [-0.3, -0.25) is 4.79 Å². The van der Waals surface area contributed by atoms with Gasteiger partial charge in [-0.25, -0.2) is 4.98 Å². The lowest BCUT2D eigenvalue weighted by atomic mass is 10.3. The molecule has 2 aromatic carbocycles. The van der Waals surface area contributed by atoms with Crippen molar-refractivity contribution in [2.75, 3.05) is 11.1 Å². The maximum Gasteiger partial charge on any atom is 0.257 e. The third kappa shape index (κ3) is 4.08. The SMILES string of the molecule is CC(C)Oc1ccccc1NC(=O)CSc1nc2ccccc2o1. The first-order valence-electron chi connectivity index (χ1n) is 7.66. The Bertz CT molecular complexity index is 812. The van der Waals surface area contributed by atoms with E-state index >= 15 is 0 Å². The van der Waals surface area contributed by atoms with Crippen molar-refractivity contribution in [3.05, 3.63) is 48.5 Å². The van der Waals surface area contributed by atoms with Crippen LogP contribution in [-0.4, -0.2) is 22.7 Å². The van der Waals surface area contributed by atoms with E-state index in [1.54, 1.807) is 0 Å². The second-order valence-corrected chi connectivity index (χ2v) is 6.37. The summed E-state index contributed by atoms with van der Waals surface area (Å²) in [5, 5.41) is 3.35. The van der Waals surface area contributed by atoms with Gasteiger partial charge in [0.25, 0.3) is 5.22 Å². The molecule has 0 unspecified atom stereocenters. The molecule has 0 aliphatic rings. The van der Waals surface area contributed by atoms with Crippen molar-refractivity contribution in [2.45, 2.75) is 25.2 Å². The number of ether oxygens (including phenoxy) is 1. The summed E-state index contributed by atoms with van der Waals surface area (Å²) in [5.74, 6) is 0.734. The molecular formula is C18H18N2O3S. The predicted molar refractivity (Wildman–Crippen MR) is 95.6 cm³/mol. The normalized spacial score (nSPS) is 11.0. The van der Waals surface area contributed by atoms with Gasteiger partial charge in [-0.05, 0) is 38.1 Å². The van der Waals surface area contributed by atoms with Crippen molar-refractivity contribution < 1.29 is 13.9 Å². The number of carbonyl (C=O) groups is 1. The Morgan fingerprint density at radius 2 is 1.96 bits per heavy atom. The molecule has 5 nitrogen and oxygen atoms in total. The van der Waals surface area contributed by atoms with E-state index in [0.29, 0.717) is 16.7 Å². The maximum atomic E-state index is 12.2. The Hall–Kier alpha value is -2.47. The fraction of sp³-hybridized carbons (Fsp3) is 0.222. The minimum absolute atomic E-state index is 0.0391. The number of oxazole rings is 1. The van der Waals surface area contributed by atoms with Crippen LogP contribution in [0.15, 0.2) is 58.2 Å². The summed E-state index contributed by atoms with van der Waals surface area (Å²) in [7, 11) is 0. The Balaban J connectivity index is 1.61. The van der Waals surface area contributed by atoms with Crippen LogP contribution >= 0.6 is 11.8 Å². The number of hydrogen-bond acceptors (Lipinski definition) is 5. The molecule has 0 saturated carbocycles. The summed E-state index contributed by atoms with van der Waals surface area (Å²) in [6.07, 6.45) is 0.0391. The number of nitrogens with zero attached hydrogens (tertiary/aromatic N) is 1. The van der Waals surface area contributed by atoms with Crippen LogP contribution in [0.2, 0.25) is 0 Å². The number of carbonyl (C=O) groups excluding carboxylic acids is 1. The van der Waals surface area contributed by atoms with Crippen LogP contribution in [0.1, 0.15) is 13.8 Å². The minimum Gasteiger partial charge on any atom is -0.489 e. The molecule has 1 N–H and O–H groups in total. The molecule has 0 spiro atoms. The molecular weight excluding hydrogens is 324 g/mol. The third-order valence-corrected chi connectivity index (χ3v) is 3.95. The lowest BCUT2D eigenvalue weighted by Crippen LogP contribution is -2.16. The second-order valence-electron chi connectivity index (χ2n) is 5.45. The molecule has 3 rings (SSSR count). The molecule has 24 heavy (non-hydrogen) atoms. The smallest absolute Gasteiger partial charge is 0.257 e. The van der Waals surface area contributed by atoms with Crippen molar-refractivity contribution in [3.63, 3.8) is 0 Å². The Morgan fingerprint density at radius 3 is 2.75 bits per heavy atom. The number of fused-ring (bicyclic) bond motifs is 1. The summed E-state index contributed by atoms with van der Waals surface area (Å²) < 4.78 is 11.3. The number of aromatic nitrogens is 1. The number of rotatable bonds is 6. The first kappa shape index (κ1) is 16.4. The van der Waals surface area contributed by atoms with Crippen LogP contribution in [0.4, 0.5) is 5.69 Å². The number of thioether (sulfide) groups is 1. The van der Waals surface area contributed by atoms with Gasteiger partial charge in [-0.2, -0.15) is 0 Å². The highest BCUT2D eigenvalue weighted by Crippen LogP contribution is 2.26. The number of nitrogens with one attached hydrogen (secondary N) is 1. The lowest BCUT2D eigenvalue weighted by molar-refractivity contribution is -0.113. The zero-order valence-corrected chi connectivity index (χ0v) is 14.3. The largest absolute Gasteiger partial charge is 0.489 e. The first-order chi connectivity index (χ1) is 11.6. The van der Waals surface area contributed by atoms with Crippen molar-refractivity contribution in [1.82, 2.24) is 4.98 Å². The molecule has 0 radical (unpaired) electrons. The van der Waals surface area contributed by atoms with Crippen LogP contribution in [0.25, 0.3) is 11.1 Å². The topological polar surface area (TPSA) is 64.4 Å². The molecule has 1 aromatic heterocycles. The monoisotopic (exact) mass is 342 g/mol.